The molecule has 2 nitrogen and oxygen atoms in total. The predicted molar refractivity (Wildman–Crippen MR) is 55.2 cm³/mol. The minimum absolute atomic E-state index is 0.0492. The van der Waals surface area contributed by atoms with Crippen molar-refractivity contribution in [2.75, 3.05) is 0 Å². The maximum absolute atomic E-state index is 11.7. The van der Waals surface area contributed by atoms with Gasteiger partial charge in [0.1, 0.15) is 5.75 Å². The Hall–Kier alpha value is -1.02. The quantitative estimate of drug-likeness (QED) is 0.712. The van der Waals surface area contributed by atoms with E-state index in [0.29, 0.717) is 22.8 Å². The number of benzene rings is 1. The summed E-state index contributed by atoms with van der Waals surface area (Å²) >= 11 is 5.99. The van der Waals surface area contributed by atoms with Crippen LogP contribution < -0.4 is 4.74 Å². The molecular formula is C11H11ClO2. The van der Waals surface area contributed by atoms with Crippen LogP contribution in [0.4, 0.5) is 0 Å². The Morgan fingerprint density at radius 2 is 2.21 bits per heavy atom. The summed E-state index contributed by atoms with van der Waals surface area (Å²) in [5.41, 5.74) is 1.62. The number of ketones is 1. The summed E-state index contributed by atoms with van der Waals surface area (Å²) in [6.07, 6.45) is 0.340. The van der Waals surface area contributed by atoms with Gasteiger partial charge >= 0.3 is 0 Å². The topological polar surface area (TPSA) is 26.3 Å². The van der Waals surface area contributed by atoms with Crippen LogP contribution in [0.5, 0.6) is 5.75 Å². The van der Waals surface area contributed by atoms with Gasteiger partial charge < -0.3 is 4.74 Å². The highest BCUT2D eigenvalue weighted by Gasteiger charge is 2.32. The van der Waals surface area contributed by atoms with Crippen molar-refractivity contribution in [3.8, 4) is 5.75 Å². The van der Waals surface area contributed by atoms with Gasteiger partial charge in [-0.3, -0.25) is 4.79 Å². The Bertz CT molecular complexity index is 399. The van der Waals surface area contributed by atoms with Gasteiger partial charge in [-0.15, -0.1) is 0 Å². The standard InChI is InChI=1S/C11H11ClO2/c1-3-9-10(13)7-4-6(2)5-8(12)11(7)14-9/h4-5,9H,3H2,1-2H3. The van der Waals surface area contributed by atoms with E-state index in [2.05, 4.69) is 0 Å². The first-order valence-electron chi connectivity index (χ1n) is 4.64. The zero-order valence-electron chi connectivity index (χ0n) is 8.13. The molecule has 1 aliphatic rings. The zero-order valence-corrected chi connectivity index (χ0v) is 8.89. The van der Waals surface area contributed by atoms with E-state index >= 15 is 0 Å². The van der Waals surface area contributed by atoms with Crippen LogP contribution in [-0.4, -0.2) is 11.9 Å². The molecule has 1 atom stereocenters. The summed E-state index contributed by atoms with van der Waals surface area (Å²) in [7, 11) is 0. The van der Waals surface area contributed by atoms with E-state index in [1.54, 1.807) is 0 Å². The maximum Gasteiger partial charge on any atom is 0.207 e. The number of ether oxygens (including phenoxy) is 1. The van der Waals surface area contributed by atoms with E-state index in [4.69, 9.17) is 16.3 Å². The van der Waals surface area contributed by atoms with Crippen LogP contribution in [0, 0.1) is 6.92 Å². The van der Waals surface area contributed by atoms with Gasteiger partial charge in [-0.2, -0.15) is 0 Å². The monoisotopic (exact) mass is 210 g/mol. The van der Waals surface area contributed by atoms with Gasteiger partial charge in [-0.05, 0) is 31.0 Å². The summed E-state index contributed by atoms with van der Waals surface area (Å²) in [5.74, 6) is 0.599. The molecule has 0 fully saturated rings. The van der Waals surface area contributed by atoms with Crippen molar-refractivity contribution in [3.63, 3.8) is 0 Å². The number of carbonyl (C=O) groups excluding carboxylic acids is 1. The summed E-state index contributed by atoms with van der Waals surface area (Å²) in [4.78, 5) is 11.7. The molecule has 0 bridgehead atoms. The van der Waals surface area contributed by atoms with E-state index in [1.165, 1.54) is 0 Å². The Morgan fingerprint density at radius 1 is 1.50 bits per heavy atom. The lowest BCUT2D eigenvalue weighted by Crippen LogP contribution is -2.18. The zero-order chi connectivity index (χ0) is 10.3. The van der Waals surface area contributed by atoms with E-state index in [1.807, 2.05) is 26.0 Å². The largest absolute Gasteiger partial charge is 0.480 e. The fourth-order valence-corrected chi connectivity index (χ4v) is 1.99. The first-order chi connectivity index (χ1) is 6.63. The van der Waals surface area contributed by atoms with Gasteiger partial charge in [-0.25, -0.2) is 0 Å². The molecule has 0 radical (unpaired) electrons. The van der Waals surface area contributed by atoms with Crippen LogP contribution in [0.1, 0.15) is 29.3 Å². The molecule has 0 amide bonds. The molecule has 1 heterocycles. The van der Waals surface area contributed by atoms with Crippen LogP contribution in [0.2, 0.25) is 5.02 Å². The van der Waals surface area contributed by atoms with Crippen LogP contribution in [0.25, 0.3) is 0 Å². The molecule has 0 aliphatic carbocycles. The molecule has 1 aromatic carbocycles. The van der Waals surface area contributed by atoms with Crippen molar-refractivity contribution in [1.82, 2.24) is 0 Å². The van der Waals surface area contributed by atoms with E-state index < -0.39 is 0 Å². The smallest absolute Gasteiger partial charge is 0.207 e. The number of carbonyl (C=O) groups is 1. The minimum atomic E-state index is -0.343. The highest BCUT2D eigenvalue weighted by molar-refractivity contribution is 6.33. The average Bonchev–Trinajstić information content (AvgIpc) is 2.44. The van der Waals surface area contributed by atoms with Crippen molar-refractivity contribution in [3.05, 3.63) is 28.3 Å². The second kappa shape index (κ2) is 3.28. The molecule has 0 aromatic heterocycles. The van der Waals surface area contributed by atoms with Crippen molar-refractivity contribution < 1.29 is 9.53 Å². The second-order valence-electron chi connectivity index (χ2n) is 3.50. The van der Waals surface area contributed by atoms with Crippen LogP contribution >= 0.6 is 11.6 Å². The number of fused-ring (bicyclic) bond motifs is 1. The number of rotatable bonds is 1. The maximum atomic E-state index is 11.7. The Labute approximate surface area is 87.8 Å². The molecule has 1 aliphatic heterocycles. The molecule has 0 spiro atoms. The van der Waals surface area contributed by atoms with E-state index in [0.717, 1.165) is 5.56 Å². The Balaban J connectivity index is 2.53. The molecule has 0 saturated carbocycles. The Kier molecular flexibility index (Phi) is 2.23. The summed E-state index contributed by atoms with van der Waals surface area (Å²) in [5, 5.41) is 0.532. The Morgan fingerprint density at radius 3 is 2.86 bits per heavy atom. The van der Waals surface area contributed by atoms with E-state index in [9.17, 15) is 4.79 Å². The highest BCUT2D eigenvalue weighted by atomic mass is 35.5. The SMILES string of the molecule is CCC1Oc2c(Cl)cc(C)cc2C1=O. The van der Waals surface area contributed by atoms with Crippen LogP contribution in [0.3, 0.4) is 0 Å². The lowest BCUT2D eigenvalue weighted by molar-refractivity contribution is 0.0853. The molecule has 2 rings (SSSR count). The van der Waals surface area contributed by atoms with Crippen LogP contribution in [0.15, 0.2) is 12.1 Å². The highest BCUT2D eigenvalue weighted by Crippen LogP contribution is 2.37. The molecule has 1 unspecified atom stereocenters. The van der Waals surface area contributed by atoms with E-state index in [-0.39, 0.29) is 11.9 Å². The fourth-order valence-electron chi connectivity index (χ4n) is 1.67. The molecule has 14 heavy (non-hydrogen) atoms. The molecule has 1 aromatic rings. The van der Waals surface area contributed by atoms with Crippen molar-refractivity contribution >= 4 is 17.4 Å². The first kappa shape index (κ1) is 9.53. The lowest BCUT2D eigenvalue weighted by Gasteiger charge is -2.05. The number of halogens is 1. The molecule has 0 saturated heterocycles. The summed E-state index contributed by atoms with van der Waals surface area (Å²) in [6, 6.07) is 3.64. The molecule has 74 valence electrons. The summed E-state index contributed by atoms with van der Waals surface area (Å²) < 4.78 is 5.47. The fraction of sp³-hybridized carbons (Fsp3) is 0.364. The third-order valence-corrected chi connectivity index (χ3v) is 2.66. The van der Waals surface area contributed by atoms with Gasteiger partial charge in [0.25, 0.3) is 0 Å². The molecule has 0 N–H and O–H groups in total. The molecular weight excluding hydrogens is 200 g/mol. The van der Waals surface area contributed by atoms with Crippen LogP contribution in [-0.2, 0) is 0 Å². The van der Waals surface area contributed by atoms with Crippen molar-refractivity contribution in [1.29, 1.82) is 0 Å². The van der Waals surface area contributed by atoms with Crippen molar-refractivity contribution in [2.24, 2.45) is 0 Å². The number of Topliss-reactive ketones (excluding diaryl/α,β-unsaturated/α-hetero) is 1. The second-order valence-corrected chi connectivity index (χ2v) is 3.91. The average molecular weight is 211 g/mol. The van der Waals surface area contributed by atoms with Gasteiger partial charge in [0.15, 0.2) is 6.10 Å². The number of hydrogen-bond acceptors (Lipinski definition) is 2. The summed E-state index contributed by atoms with van der Waals surface area (Å²) in [6.45, 7) is 3.84. The minimum Gasteiger partial charge on any atom is -0.480 e. The third kappa shape index (κ3) is 1.30. The normalized spacial score (nSPS) is 19.4. The van der Waals surface area contributed by atoms with Gasteiger partial charge in [0.2, 0.25) is 5.78 Å². The molecule has 3 heteroatoms. The first-order valence-corrected chi connectivity index (χ1v) is 5.02. The number of hydrogen-bond donors (Lipinski definition) is 0. The van der Waals surface area contributed by atoms with Gasteiger partial charge in [-0.1, -0.05) is 18.5 Å². The van der Waals surface area contributed by atoms with Gasteiger partial charge in [0.05, 0.1) is 10.6 Å². The van der Waals surface area contributed by atoms with Crippen molar-refractivity contribution in [2.45, 2.75) is 26.4 Å². The lowest BCUT2D eigenvalue weighted by atomic mass is 10.0. The third-order valence-electron chi connectivity index (χ3n) is 2.38. The number of aryl methyl sites for hydroxylation is 1. The van der Waals surface area contributed by atoms with Gasteiger partial charge in [0, 0.05) is 0 Å². The predicted octanol–water partition coefficient (Wildman–Crippen LogP) is 3.00.